The van der Waals surface area contributed by atoms with Gasteiger partial charge in [0.25, 0.3) is 0 Å². The van der Waals surface area contributed by atoms with E-state index in [1.54, 1.807) is 12.4 Å². The van der Waals surface area contributed by atoms with Gasteiger partial charge >= 0.3 is 0 Å². The van der Waals surface area contributed by atoms with Gasteiger partial charge in [0.05, 0.1) is 0 Å². The van der Waals surface area contributed by atoms with E-state index in [4.69, 9.17) is 5.73 Å². The molecule has 2 rings (SSSR count). The minimum absolute atomic E-state index is 0.0680. The van der Waals surface area contributed by atoms with Crippen molar-refractivity contribution in [1.29, 1.82) is 0 Å². The molecule has 0 aliphatic heterocycles. The number of carbonyl (C=O) groups is 1. The summed E-state index contributed by atoms with van der Waals surface area (Å²) in [6, 6.07) is 7.23. The van der Waals surface area contributed by atoms with Crippen LogP contribution >= 0.6 is 0 Å². The van der Waals surface area contributed by atoms with Crippen molar-refractivity contribution in [2.24, 2.45) is 5.73 Å². The number of imidazole rings is 1. The molecule has 0 fully saturated rings. The van der Waals surface area contributed by atoms with Gasteiger partial charge in [-0.2, -0.15) is 0 Å². The number of aromatic nitrogens is 2. The number of carbonyl (C=O) groups excluding carboxylic acids is 1. The first-order valence-corrected chi connectivity index (χ1v) is 6.21. The third kappa shape index (κ3) is 3.00. The van der Waals surface area contributed by atoms with Crippen molar-refractivity contribution >= 4 is 11.6 Å². The van der Waals surface area contributed by atoms with E-state index < -0.39 is 0 Å². The maximum Gasteiger partial charge on any atom is 0.247 e. The highest BCUT2D eigenvalue weighted by Crippen LogP contribution is 2.14. The highest BCUT2D eigenvalue weighted by atomic mass is 16.2. The molecule has 19 heavy (non-hydrogen) atoms. The molecule has 0 aliphatic rings. The average Bonchev–Trinajstić information content (AvgIpc) is 2.85. The third-order valence-electron chi connectivity index (χ3n) is 3.12. The minimum Gasteiger partial charge on any atom is -0.326 e. The number of nitrogens with one attached hydrogen (secondary N) is 1. The Balaban J connectivity index is 2.06. The van der Waals surface area contributed by atoms with Gasteiger partial charge < -0.3 is 15.6 Å². The number of nitrogens with two attached hydrogens (primary N) is 1. The molecular weight excluding hydrogens is 240 g/mol. The fraction of sp³-hybridized carbons (Fsp3) is 0.286. The normalized spacial score (nSPS) is 12.2. The van der Waals surface area contributed by atoms with Crippen LogP contribution < -0.4 is 11.1 Å². The Bertz CT molecular complexity index is 559. The van der Waals surface area contributed by atoms with Crippen molar-refractivity contribution < 1.29 is 4.79 Å². The van der Waals surface area contributed by atoms with E-state index in [0.717, 1.165) is 17.1 Å². The van der Waals surface area contributed by atoms with E-state index >= 15 is 0 Å². The third-order valence-corrected chi connectivity index (χ3v) is 3.12. The summed E-state index contributed by atoms with van der Waals surface area (Å²) in [6.45, 7) is 4.22. The molecule has 100 valence electrons. The Morgan fingerprint density at radius 3 is 2.63 bits per heavy atom. The van der Waals surface area contributed by atoms with E-state index in [2.05, 4.69) is 10.3 Å². The molecule has 2 aromatic rings. The lowest BCUT2D eigenvalue weighted by molar-refractivity contribution is -0.118. The summed E-state index contributed by atoms with van der Waals surface area (Å²) in [5.41, 5.74) is 7.34. The van der Waals surface area contributed by atoms with Gasteiger partial charge in [0, 0.05) is 24.6 Å². The fourth-order valence-corrected chi connectivity index (χ4v) is 1.89. The number of hydrogen-bond acceptors (Lipinski definition) is 3. The SMILES string of the molecule is Cc1nccn1C(C)C(=O)Nc1ccc(CN)cc1. The van der Waals surface area contributed by atoms with Crippen LogP contribution in [0.4, 0.5) is 5.69 Å². The Labute approximate surface area is 112 Å². The first kappa shape index (κ1) is 13.3. The standard InChI is InChI=1S/C14H18N4O/c1-10(18-8-7-16-11(18)2)14(19)17-13-5-3-12(9-15)4-6-13/h3-8,10H,9,15H2,1-2H3,(H,17,19). The maximum atomic E-state index is 12.1. The summed E-state index contributed by atoms with van der Waals surface area (Å²) >= 11 is 0. The van der Waals surface area contributed by atoms with Crippen molar-refractivity contribution in [3.8, 4) is 0 Å². The van der Waals surface area contributed by atoms with Gasteiger partial charge in [0.1, 0.15) is 11.9 Å². The van der Waals surface area contributed by atoms with Crippen LogP contribution in [0.5, 0.6) is 0 Å². The molecule has 1 aromatic carbocycles. The minimum atomic E-state index is -0.295. The van der Waals surface area contributed by atoms with E-state index in [1.807, 2.05) is 42.7 Å². The fourth-order valence-electron chi connectivity index (χ4n) is 1.89. The van der Waals surface area contributed by atoms with Crippen LogP contribution in [0.2, 0.25) is 0 Å². The van der Waals surface area contributed by atoms with Gasteiger partial charge in [0.15, 0.2) is 0 Å². The van der Waals surface area contributed by atoms with Crippen LogP contribution in [0.15, 0.2) is 36.7 Å². The zero-order valence-electron chi connectivity index (χ0n) is 11.1. The first-order chi connectivity index (χ1) is 9.11. The Morgan fingerprint density at radius 1 is 1.42 bits per heavy atom. The Morgan fingerprint density at radius 2 is 2.11 bits per heavy atom. The van der Waals surface area contributed by atoms with Crippen molar-refractivity contribution in [1.82, 2.24) is 9.55 Å². The van der Waals surface area contributed by atoms with Crippen LogP contribution in [0.3, 0.4) is 0 Å². The van der Waals surface area contributed by atoms with Crippen LogP contribution in [-0.2, 0) is 11.3 Å². The molecule has 0 aliphatic carbocycles. The molecule has 5 heteroatoms. The van der Waals surface area contributed by atoms with Crippen molar-refractivity contribution in [3.05, 3.63) is 48.0 Å². The molecular formula is C14H18N4O. The number of rotatable bonds is 4. The quantitative estimate of drug-likeness (QED) is 0.879. The number of nitrogens with zero attached hydrogens (tertiary/aromatic N) is 2. The lowest BCUT2D eigenvalue weighted by Crippen LogP contribution is -2.24. The Kier molecular flexibility index (Phi) is 3.97. The van der Waals surface area contributed by atoms with Crippen LogP contribution in [0, 0.1) is 6.92 Å². The number of aryl methyl sites for hydroxylation is 1. The number of anilines is 1. The second kappa shape index (κ2) is 5.67. The molecule has 5 nitrogen and oxygen atoms in total. The number of amides is 1. The largest absolute Gasteiger partial charge is 0.326 e. The monoisotopic (exact) mass is 258 g/mol. The molecule has 1 amide bonds. The van der Waals surface area contributed by atoms with Crippen molar-refractivity contribution in [2.45, 2.75) is 26.4 Å². The first-order valence-electron chi connectivity index (χ1n) is 6.21. The predicted octanol–water partition coefficient (Wildman–Crippen LogP) is 1.85. The number of benzene rings is 1. The summed E-state index contributed by atoms with van der Waals surface area (Å²) in [6.07, 6.45) is 3.49. The van der Waals surface area contributed by atoms with Crippen molar-refractivity contribution in [2.75, 3.05) is 5.32 Å². The van der Waals surface area contributed by atoms with E-state index in [1.165, 1.54) is 0 Å². The zero-order valence-corrected chi connectivity index (χ0v) is 11.1. The number of hydrogen-bond donors (Lipinski definition) is 2. The highest BCUT2D eigenvalue weighted by Gasteiger charge is 2.16. The molecule has 0 spiro atoms. The lowest BCUT2D eigenvalue weighted by atomic mass is 10.2. The second-order valence-electron chi connectivity index (χ2n) is 4.45. The summed E-state index contributed by atoms with van der Waals surface area (Å²) < 4.78 is 1.84. The molecule has 1 heterocycles. The molecule has 1 unspecified atom stereocenters. The van der Waals surface area contributed by atoms with Crippen LogP contribution in [0.25, 0.3) is 0 Å². The molecule has 0 radical (unpaired) electrons. The predicted molar refractivity (Wildman–Crippen MR) is 74.6 cm³/mol. The lowest BCUT2D eigenvalue weighted by Gasteiger charge is -2.15. The molecule has 3 N–H and O–H groups in total. The van der Waals surface area contributed by atoms with E-state index in [9.17, 15) is 4.79 Å². The smallest absolute Gasteiger partial charge is 0.247 e. The van der Waals surface area contributed by atoms with E-state index in [0.29, 0.717) is 6.54 Å². The zero-order chi connectivity index (χ0) is 13.8. The maximum absolute atomic E-state index is 12.1. The molecule has 1 aromatic heterocycles. The van der Waals surface area contributed by atoms with Gasteiger partial charge in [-0.15, -0.1) is 0 Å². The Hall–Kier alpha value is -2.14. The van der Waals surface area contributed by atoms with Gasteiger partial charge in [-0.1, -0.05) is 12.1 Å². The summed E-state index contributed by atoms with van der Waals surface area (Å²) in [7, 11) is 0. The average molecular weight is 258 g/mol. The van der Waals surface area contributed by atoms with Crippen LogP contribution in [-0.4, -0.2) is 15.5 Å². The molecule has 0 bridgehead atoms. The summed E-state index contributed by atoms with van der Waals surface area (Å²) in [5.74, 6) is 0.753. The second-order valence-corrected chi connectivity index (χ2v) is 4.45. The van der Waals surface area contributed by atoms with Gasteiger partial charge in [-0.3, -0.25) is 4.79 Å². The molecule has 1 atom stereocenters. The van der Waals surface area contributed by atoms with Gasteiger partial charge in [-0.25, -0.2) is 4.98 Å². The summed E-state index contributed by atoms with van der Waals surface area (Å²) in [4.78, 5) is 16.3. The topological polar surface area (TPSA) is 72.9 Å². The molecule has 0 saturated carbocycles. The van der Waals surface area contributed by atoms with Crippen LogP contribution in [0.1, 0.15) is 24.4 Å². The van der Waals surface area contributed by atoms with Gasteiger partial charge in [0.2, 0.25) is 5.91 Å². The highest BCUT2D eigenvalue weighted by molar-refractivity contribution is 5.93. The summed E-state index contributed by atoms with van der Waals surface area (Å²) in [5, 5.41) is 2.88. The molecule has 0 saturated heterocycles. The van der Waals surface area contributed by atoms with E-state index in [-0.39, 0.29) is 11.9 Å². The van der Waals surface area contributed by atoms with Crippen molar-refractivity contribution in [3.63, 3.8) is 0 Å². The van der Waals surface area contributed by atoms with Gasteiger partial charge in [-0.05, 0) is 31.5 Å².